The number of nitrogens with zero attached hydrogens (tertiary/aromatic N) is 1. The van der Waals surface area contributed by atoms with Gasteiger partial charge in [0.25, 0.3) is 0 Å². The van der Waals surface area contributed by atoms with E-state index in [1.54, 1.807) is 10.8 Å². The Kier molecular flexibility index (Phi) is 5.81. The van der Waals surface area contributed by atoms with E-state index in [9.17, 15) is 9.59 Å². The number of methoxy groups -OCH3 is 1. The number of fused-ring (bicyclic) bond motifs is 1. The predicted molar refractivity (Wildman–Crippen MR) is 106 cm³/mol. The van der Waals surface area contributed by atoms with Crippen molar-refractivity contribution < 1.29 is 14.3 Å². The van der Waals surface area contributed by atoms with E-state index in [0.29, 0.717) is 17.0 Å². The Balaban J connectivity index is 1.71. The molecule has 0 aliphatic heterocycles. The molecule has 27 heavy (non-hydrogen) atoms. The Bertz CT molecular complexity index is 980. The number of hydrogen-bond acceptors (Lipinski definition) is 3. The van der Waals surface area contributed by atoms with Gasteiger partial charge in [-0.15, -0.1) is 0 Å². The lowest BCUT2D eigenvalue weighted by Gasteiger charge is -2.15. The van der Waals surface area contributed by atoms with Crippen LogP contribution in [-0.4, -0.2) is 29.6 Å². The molecule has 0 saturated carbocycles. The van der Waals surface area contributed by atoms with Crippen molar-refractivity contribution in [3.63, 3.8) is 0 Å². The molecule has 0 aliphatic carbocycles. The number of carbonyl (C=O) groups excluding carboxylic acids is 2. The van der Waals surface area contributed by atoms with Crippen molar-refractivity contribution in [1.29, 1.82) is 0 Å². The van der Waals surface area contributed by atoms with Crippen LogP contribution in [-0.2, 0) is 22.5 Å². The maximum Gasteiger partial charge on any atom is 0.340 e. The fourth-order valence-electron chi connectivity index (χ4n) is 3.19. The number of aromatic nitrogens is 1. The van der Waals surface area contributed by atoms with Gasteiger partial charge in [0.05, 0.1) is 12.7 Å². The summed E-state index contributed by atoms with van der Waals surface area (Å²) in [4.78, 5) is 24.5. The van der Waals surface area contributed by atoms with Crippen LogP contribution in [0, 0.1) is 0 Å². The molecule has 3 rings (SSSR count). The molecule has 0 unspecified atom stereocenters. The molecule has 6 heteroatoms. The first kappa shape index (κ1) is 19.0. The minimum atomic E-state index is -0.417. The third-order valence-electron chi connectivity index (χ3n) is 4.35. The van der Waals surface area contributed by atoms with Crippen LogP contribution < -0.4 is 5.32 Å². The van der Waals surface area contributed by atoms with Crippen molar-refractivity contribution in [1.82, 2.24) is 9.88 Å². The lowest BCUT2D eigenvalue weighted by molar-refractivity contribution is -0.122. The number of esters is 1. The van der Waals surface area contributed by atoms with Gasteiger partial charge in [-0.3, -0.25) is 4.79 Å². The average Bonchev–Trinajstić information content (AvgIpc) is 2.99. The van der Waals surface area contributed by atoms with Gasteiger partial charge in [0, 0.05) is 28.2 Å². The van der Waals surface area contributed by atoms with Gasteiger partial charge in [0.15, 0.2) is 0 Å². The molecule has 0 radical (unpaired) electrons. The van der Waals surface area contributed by atoms with Crippen molar-refractivity contribution in [2.75, 3.05) is 7.11 Å². The summed E-state index contributed by atoms with van der Waals surface area (Å²) < 4.78 is 6.61. The van der Waals surface area contributed by atoms with Crippen LogP contribution in [0.25, 0.3) is 10.9 Å². The summed E-state index contributed by atoms with van der Waals surface area (Å²) in [7, 11) is 1.35. The summed E-state index contributed by atoms with van der Waals surface area (Å²) in [6, 6.07) is 15.0. The zero-order chi connectivity index (χ0) is 19.4. The molecule has 2 aromatic carbocycles. The second kappa shape index (κ2) is 8.27. The number of benzene rings is 2. The second-order valence-corrected chi connectivity index (χ2v) is 6.92. The Labute approximate surface area is 162 Å². The molecular formula is C21H21ClN2O3. The smallest absolute Gasteiger partial charge is 0.340 e. The molecule has 0 spiro atoms. The van der Waals surface area contributed by atoms with Crippen LogP contribution in [0.4, 0.5) is 0 Å². The molecule has 0 bridgehead atoms. The molecule has 1 heterocycles. The number of carbonyl (C=O) groups is 2. The quantitative estimate of drug-likeness (QED) is 0.657. The molecule has 0 fully saturated rings. The fraction of sp³-hybridized carbons (Fsp3) is 0.238. The van der Waals surface area contributed by atoms with Gasteiger partial charge in [-0.2, -0.15) is 0 Å². The minimum absolute atomic E-state index is 0.0436. The summed E-state index contributed by atoms with van der Waals surface area (Å²) in [5.74, 6) is -0.540. The number of rotatable bonds is 6. The SMILES string of the molecule is COC(=O)c1cn(CC(=O)N[C@@H](C)Cc2cccc(Cl)c2)c2ccccc12. The van der Waals surface area contributed by atoms with Crippen molar-refractivity contribution in [3.8, 4) is 0 Å². The Hall–Kier alpha value is -2.79. The first-order chi connectivity index (χ1) is 13.0. The molecule has 140 valence electrons. The summed E-state index contributed by atoms with van der Waals surface area (Å²) in [6.07, 6.45) is 2.35. The summed E-state index contributed by atoms with van der Waals surface area (Å²) in [6.45, 7) is 2.07. The van der Waals surface area contributed by atoms with Crippen LogP contribution in [0.5, 0.6) is 0 Å². The van der Waals surface area contributed by atoms with Crippen molar-refractivity contribution >= 4 is 34.4 Å². The van der Waals surface area contributed by atoms with Gasteiger partial charge in [-0.05, 0) is 37.1 Å². The van der Waals surface area contributed by atoms with E-state index in [4.69, 9.17) is 16.3 Å². The highest BCUT2D eigenvalue weighted by molar-refractivity contribution is 6.30. The number of hydrogen-bond donors (Lipinski definition) is 1. The molecule has 5 nitrogen and oxygen atoms in total. The van der Waals surface area contributed by atoms with Crippen LogP contribution in [0.15, 0.2) is 54.7 Å². The van der Waals surface area contributed by atoms with Gasteiger partial charge in [-0.1, -0.05) is 41.9 Å². The lowest BCUT2D eigenvalue weighted by Crippen LogP contribution is -2.36. The van der Waals surface area contributed by atoms with E-state index in [1.807, 2.05) is 55.5 Å². The van der Waals surface area contributed by atoms with E-state index in [-0.39, 0.29) is 18.5 Å². The standard InChI is InChI=1S/C21H21ClN2O3/c1-14(10-15-6-5-7-16(22)11-15)23-20(25)13-24-12-18(21(26)27-2)17-8-3-4-9-19(17)24/h3-9,11-12,14H,10,13H2,1-2H3,(H,23,25)/t14-/m0/s1. The van der Waals surface area contributed by atoms with Gasteiger partial charge in [0.1, 0.15) is 6.54 Å². The van der Waals surface area contributed by atoms with E-state index in [2.05, 4.69) is 5.32 Å². The van der Waals surface area contributed by atoms with Crippen LogP contribution in [0.3, 0.4) is 0 Å². The molecule has 1 aromatic heterocycles. The van der Waals surface area contributed by atoms with Gasteiger partial charge in [-0.25, -0.2) is 4.79 Å². The molecule has 1 amide bonds. The first-order valence-electron chi connectivity index (χ1n) is 8.68. The fourth-order valence-corrected chi connectivity index (χ4v) is 3.41. The number of ether oxygens (including phenoxy) is 1. The number of amides is 1. The monoisotopic (exact) mass is 384 g/mol. The van der Waals surface area contributed by atoms with Crippen molar-refractivity contribution in [3.05, 3.63) is 70.9 Å². The Morgan fingerprint density at radius 2 is 1.96 bits per heavy atom. The first-order valence-corrected chi connectivity index (χ1v) is 9.05. The maximum atomic E-state index is 12.5. The van der Waals surface area contributed by atoms with E-state index >= 15 is 0 Å². The summed E-state index contributed by atoms with van der Waals surface area (Å²) >= 11 is 6.01. The molecule has 1 N–H and O–H groups in total. The molecule has 3 aromatic rings. The number of halogens is 1. The lowest BCUT2D eigenvalue weighted by atomic mass is 10.1. The van der Waals surface area contributed by atoms with E-state index < -0.39 is 5.97 Å². The van der Waals surface area contributed by atoms with Crippen LogP contribution in [0.1, 0.15) is 22.8 Å². The van der Waals surface area contributed by atoms with Crippen LogP contribution >= 0.6 is 11.6 Å². The topological polar surface area (TPSA) is 60.3 Å². The van der Waals surface area contributed by atoms with Crippen molar-refractivity contribution in [2.45, 2.75) is 25.9 Å². The molecular weight excluding hydrogens is 364 g/mol. The van der Waals surface area contributed by atoms with Gasteiger partial charge >= 0.3 is 5.97 Å². The predicted octanol–water partition coefficient (Wildman–Crippen LogP) is 3.83. The number of para-hydroxylation sites is 1. The number of nitrogens with one attached hydrogen (secondary N) is 1. The largest absolute Gasteiger partial charge is 0.465 e. The minimum Gasteiger partial charge on any atom is -0.465 e. The zero-order valence-electron chi connectivity index (χ0n) is 15.2. The highest BCUT2D eigenvalue weighted by atomic mass is 35.5. The van der Waals surface area contributed by atoms with Crippen LogP contribution in [0.2, 0.25) is 5.02 Å². The zero-order valence-corrected chi connectivity index (χ0v) is 16.0. The second-order valence-electron chi connectivity index (χ2n) is 6.48. The molecule has 0 saturated heterocycles. The Morgan fingerprint density at radius 1 is 1.19 bits per heavy atom. The average molecular weight is 385 g/mol. The van der Waals surface area contributed by atoms with Gasteiger partial charge < -0.3 is 14.6 Å². The summed E-state index contributed by atoms with van der Waals surface area (Å²) in [5.41, 5.74) is 2.33. The third-order valence-corrected chi connectivity index (χ3v) is 4.58. The Morgan fingerprint density at radius 3 is 2.70 bits per heavy atom. The highest BCUT2D eigenvalue weighted by Gasteiger charge is 2.17. The van der Waals surface area contributed by atoms with E-state index in [1.165, 1.54) is 7.11 Å². The normalized spacial score (nSPS) is 12.0. The summed E-state index contributed by atoms with van der Waals surface area (Å²) in [5, 5.41) is 4.44. The third kappa shape index (κ3) is 4.49. The maximum absolute atomic E-state index is 12.5. The van der Waals surface area contributed by atoms with Gasteiger partial charge in [0.2, 0.25) is 5.91 Å². The molecule has 0 aliphatic rings. The highest BCUT2D eigenvalue weighted by Crippen LogP contribution is 2.22. The molecule has 1 atom stereocenters. The van der Waals surface area contributed by atoms with E-state index in [0.717, 1.165) is 16.5 Å². The van der Waals surface area contributed by atoms with Crippen molar-refractivity contribution in [2.24, 2.45) is 0 Å².